The Balaban J connectivity index is 1.64. The number of fused-ring (bicyclic) bond motifs is 5. The second-order valence-electron chi connectivity index (χ2n) is 12.7. The molecule has 0 amide bonds. The standard InChI is InChI=1S/C29H48O3/c1-18(2)19(3)8-9-20(4)23-10-11-24-22-16-26(32-7)29(31)17-21(30)12-15-28(29,6)25(22)13-14-27(23,24)5/h8-9,16,18-21,23-26,30-31H,10-15,17H2,1-7H3/b9-8+/t19-,20+,21-,23+,24?,25?,26+,27+,28+,29-/m0/s1. The van der Waals surface area contributed by atoms with E-state index in [1.165, 1.54) is 19.3 Å². The van der Waals surface area contributed by atoms with Gasteiger partial charge < -0.3 is 14.9 Å². The average molecular weight is 445 g/mol. The highest BCUT2D eigenvalue weighted by Crippen LogP contribution is 2.67. The van der Waals surface area contributed by atoms with Gasteiger partial charge in [-0.3, -0.25) is 0 Å². The highest BCUT2D eigenvalue weighted by molar-refractivity contribution is 5.33. The molecule has 0 aromatic carbocycles. The Kier molecular flexibility index (Phi) is 6.53. The van der Waals surface area contributed by atoms with Gasteiger partial charge in [-0.2, -0.15) is 0 Å². The van der Waals surface area contributed by atoms with Crippen LogP contribution in [-0.4, -0.2) is 35.1 Å². The lowest BCUT2D eigenvalue weighted by atomic mass is 9.45. The van der Waals surface area contributed by atoms with Crippen molar-refractivity contribution in [1.29, 1.82) is 0 Å². The maximum absolute atomic E-state index is 11.9. The molecule has 0 spiro atoms. The number of methoxy groups -OCH3 is 1. The number of ether oxygens (including phenoxy) is 1. The minimum Gasteiger partial charge on any atom is -0.393 e. The van der Waals surface area contributed by atoms with Crippen LogP contribution >= 0.6 is 0 Å². The second-order valence-corrected chi connectivity index (χ2v) is 12.7. The first kappa shape index (κ1) is 24.5. The van der Waals surface area contributed by atoms with E-state index in [1.54, 1.807) is 12.7 Å². The van der Waals surface area contributed by atoms with Crippen LogP contribution in [-0.2, 0) is 4.74 Å². The SMILES string of the molecule is CO[C@@H]1C=C2C3CC[C@H]([C@H](C)/C=C/[C@H](C)C(C)C)[C@@]3(C)CCC2[C@@]2(C)CC[C@H](O)C[C@]12O. The van der Waals surface area contributed by atoms with Crippen molar-refractivity contribution in [1.82, 2.24) is 0 Å². The molecule has 0 aliphatic heterocycles. The van der Waals surface area contributed by atoms with Gasteiger partial charge in [-0.1, -0.05) is 65.3 Å². The third-order valence-corrected chi connectivity index (χ3v) is 11.0. The molecule has 3 fully saturated rings. The van der Waals surface area contributed by atoms with Gasteiger partial charge in [-0.05, 0) is 79.4 Å². The van der Waals surface area contributed by atoms with Crippen LogP contribution in [0.2, 0.25) is 0 Å². The zero-order chi connectivity index (χ0) is 23.5. The Morgan fingerprint density at radius 2 is 1.72 bits per heavy atom. The Morgan fingerprint density at radius 3 is 2.38 bits per heavy atom. The largest absolute Gasteiger partial charge is 0.393 e. The van der Waals surface area contributed by atoms with E-state index in [0.29, 0.717) is 47.3 Å². The molecule has 10 atom stereocenters. The van der Waals surface area contributed by atoms with E-state index in [9.17, 15) is 10.2 Å². The van der Waals surface area contributed by atoms with E-state index >= 15 is 0 Å². The zero-order valence-electron chi connectivity index (χ0n) is 21.6. The first-order chi connectivity index (χ1) is 15.0. The third kappa shape index (κ3) is 3.57. The monoisotopic (exact) mass is 444 g/mol. The Hall–Kier alpha value is -0.640. The molecule has 0 heterocycles. The number of rotatable bonds is 5. The summed E-state index contributed by atoms with van der Waals surface area (Å²) < 4.78 is 5.92. The average Bonchev–Trinajstić information content (AvgIpc) is 3.09. The molecule has 3 nitrogen and oxygen atoms in total. The molecule has 182 valence electrons. The summed E-state index contributed by atoms with van der Waals surface area (Å²) in [5.41, 5.74) is 0.714. The van der Waals surface area contributed by atoms with Crippen molar-refractivity contribution in [3.63, 3.8) is 0 Å². The van der Waals surface area contributed by atoms with E-state index in [1.807, 2.05) is 0 Å². The van der Waals surface area contributed by atoms with Crippen LogP contribution in [0.15, 0.2) is 23.8 Å². The fourth-order valence-electron chi connectivity index (χ4n) is 8.40. The number of hydrogen-bond acceptors (Lipinski definition) is 3. The molecule has 4 aliphatic carbocycles. The zero-order valence-corrected chi connectivity index (χ0v) is 21.6. The molecule has 4 rings (SSSR count). The van der Waals surface area contributed by atoms with E-state index in [2.05, 4.69) is 59.8 Å². The van der Waals surface area contributed by atoms with Crippen LogP contribution in [0, 0.1) is 46.3 Å². The lowest BCUT2D eigenvalue weighted by molar-refractivity contribution is -0.216. The maximum Gasteiger partial charge on any atom is 0.105 e. The minimum absolute atomic E-state index is 0.214. The smallest absolute Gasteiger partial charge is 0.105 e. The summed E-state index contributed by atoms with van der Waals surface area (Å²) in [6.45, 7) is 14.2. The van der Waals surface area contributed by atoms with Crippen molar-refractivity contribution >= 4 is 0 Å². The van der Waals surface area contributed by atoms with Crippen molar-refractivity contribution in [2.75, 3.05) is 7.11 Å². The van der Waals surface area contributed by atoms with Crippen LogP contribution in [0.25, 0.3) is 0 Å². The van der Waals surface area contributed by atoms with E-state index in [4.69, 9.17) is 4.74 Å². The highest BCUT2D eigenvalue weighted by atomic mass is 16.5. The van der Waals surface area contributed by atoms with Gasteiger partial charge in [0.15, 0.2) is 0 Å². The summed E-state index contributed by atoms with van der Waals surface area (Å²) >= 11 is 0. The number of hydrogen-bond donors (Lipinski definition) is 2. The topological polar surface area (TPSA) is 49.7 Å². The quantitative estimate of drug-likeness (QED) is 0.500. The molecular weight excluding hydrogens is 396 g/mol. The van der Waals surface area contributed by atoms with Crippen LogP contribution in [0.3, 0.4) is 0 Å². The fourth-order valence-corrected chi connectivity index (χ4v) is 8.40. The summed E-state index contributed by atoms with van der Waals surface area (Å²) in [4.78, 5) is 0. The van der Waals surface area contributed by atoms with Crippen LogP contribution in [0.1, 0.15) is 86.5 Å². The van der Waals surface area contributed by atoms with E-state index in [-0.39, 0.29) is 11.5 Å². The van der Waals surface area contributed by atoms with Crippen molar-refractivity contribution in [3.05, 3.63) is 23.8 Å². The molecule has 0 aromatic heterocycles. The van der Waals surface area contributed by atoms with Crippen molar-refractivity contribution in [2.45, 2.75) is 104 Å². The van der Waals surface area contributed by atoms with Gasteiger partial charge in [0.2, 0.25) is 0 Å². The van der Waals surface area contributed by atoms with Crippen molar-refractivity contribution in [2.24, 2.45) is 46.3 Å². The third-order valence-electron chi connectivity index (χ3n) is 11.0. The van der Waals surface area contributed by atoms with Gasteiger partial charge in [0.25, 0.3) is 0 Å². The molecule has 32 heavy (non-hydrogen) atoms. The Morgan fingerprint density at radius 1 is 1.00 bits per heavy atom. The summed E-state index contributed by atoms with van der Waals surface area (Å²) in [6.07, 6.45) is 13.6. The van der Waals surface area contributed by atoms with Gasteiger partial charge in [0.05, 0.1) is 6.10 Å². The van der Waals surface area contributed by atoms with Gasteiger partial charge in [-0.15, -0.1) is 0 Å². The first-order valence-corrected chi connectivity index (χ1v) is 13.3. The molecule has 3 heteroatoms. The Labute approximate surface area is 196 Å². The molecule has 3 saturated carbocycles. The number of allylic oxidation sites excluding steroid dienone is 3. The molecule has 0 saturated heterocycles. The van der Waals surface area contributed by atoms with Gasteiger partial charge in [0, 0.05) is 18.9 Å². The van der Waals surface area contributed by atoms with E-state index in [0.717, 1.165) is 19.3 Å². The minimum atomic E-state index is -0.970. The van der Waals surface area contributed by atoms with Crippen molar-refractivity contribution < 1.29 is 14.9 Å². The van der Waals surface area contributed by atoms with Crippen LogP contribution in [0.5, 0.6) is 0 Å². The predicted octanol–water partition coefficient (Wildman–Crippen LogP) is 6.15. The molecule has 0 radical (unpaired) electrons. The summed E-state index contributed by atoms with van der Waals surface area (Å²) in [5.74, 6) is 3.63. The second kappa shape index (κ2) is 8.54. The van der Waals surface area contributed by atoms with Crippen molar-refractivity contribution in [3.8, 4) is 0 Å². The molecule has 0 bridgehead atoms. The van der Waals surface area contributed by atoms with Gasteiger partial charge in [-0.25, -0.2) is 0 Å². The lowest BCUT2D eigenvalue weighted by Crippen LogP contribution is -2.65. The molecule has 0 aromatic rings. The summed E-state index contributed by atoms with van der Waals surface area (Å²) in [5, 5.41) is 22.3. The maximum atomic E-state index is 11.9. The van der Waals surface area contributed by atoms with E-state index < -0.39 is 11.7 Å². The molecule has 2 N–H and O–H groups in total. The normalized spacial score (nSPS) is 48.2. The van der Waals surface area contributed by atoms with Gasteiger partial charge in [0.1, 0.15) is 11.7 Å². The predicted molar refractivity (Wildman–Crippen MR) is 131 cm³/mol. The van der Waals surface area contributed by atoms with Crippen LogP contribution in [0.4, 0.5) is 0 Å². The summed E-state index contributed by atoms with van der Waals surface area (Å²) in [6, 6.07) is 0. The fraction of sp³-hybridized carbons (Fsp3) is 0.862. The highest BCUT2D eigenvalue weighted by Gasteiger charge is 2.65. The lowest BCUT2D eigenvalue weighted by Gasteiger charge is -2.62. The Bertz CT molecular complexity index is 756. The number of aliphatic hydroxyl groups excluding tert-OH is 1. The molecule has 4 aliphatic rings. The first-order valence-electron chi connectivity index (χ1n) is 13.3. The van der Waals surface area contributed by atoms with Gasteiger partial charge >= 0.3 is 0 Å². The molecular formula is C29H48O3. The number of aliphatic hydroxyl groups is 2. The molecule has 2 unspecified atom stereocenters. The summed E-state index contributed by atoms with van der Waals surface area (Å²) in [7, 11) is 1.73. The van der Waals surface area contributed by atoms with Crippen LogP contribution < -0.4 is 0 Å².